The molecule has 0 aliphatic rings. The van der Waals surface area contributed by atoms with Crippen LogP contribution in [0.15, 0.2) is 66.1 Å². The minimum atomic E-state index is -3.68. The van der Waals surface area contributed by atoms with Gasteiger partial charge in [-0.15, -0.1) is 6.58 Å². The van der Waals surface area contributed by atoms with Crippen LogP contribution in [0.3, 0.4) is 0 Å². The number of nitrogens with one attached hydrogen (secondary N) is 2. The zero-order valence-corrected chi connectivity index (χ0v) is 16.0. The van der Waals surface area contributed by atoms with Crippen LogP contribution in [-0.4, -0.2) is 40.6 Å². The van der Waals surface area contributed by atoms with Crippen molar-refractivity contribution in [1.82, 2.24) is 4.72 Å². The average Bonchev–Trinajstić information content (AvgIpc) is 2.70. The van der Waals surface area contributed by atoms with E-state index in [2.05, 4.69) is 16.6 Å². The van der Waals surface area contributed by atoms with Crippen molar-refractivity contribution in [2.75, 3.05) is 25.6 Å². The lowest BCUT2D eigenvalue weighted by molar-refractivity contribution is -0.119. The minimum absolute atomic E-state index is 0.00154. The van der Waals surface area contributed by atoms with E-state index in [1.54, 1.807) is 24.3 Å². The third-order valence-electron chi connectivity index (χ3n) is 3.51. The molecule has 0 aliphatic carbocycles. The number of anilines is 1. The molecule has 0 saturated heterocycles. The number of carbonyl (C=O) groups excluding carboxylic acids is 2. The standard InChI is InChI=1S/C19H20N2O6S/c1-3-11-20-28(24,25)17-9-7-14(8-10-17)19(23)27-13-18(22)21-15-5-4-6-16(12-15)26-2/h3-10,12,20H,1,11,13H2,2H3,(H,21,22). The van der Waals surface area contributed by atoms with Gasteiger partial charge in [-0.05, 0) is 36.4 Å². The van der Waals surface area contributed by atoms with E-state index in [1.165, 1.54) is 37.5 Å². The molecule has 1 amide bonds. The predicted molar refractivity (Wildman–Crippen MR) is 104 cm³/mol. The monoisotopic (exact) mass is 404 g/mol. The molecular formula is C19H20N2O6S. The molecule has 0 spiro atoms. The first-order valence-corrected chi connectivity index (χ1v) is 9.65. The van der Waals surface area contributed by atoms with Crippen LogP contribution < -0.4 is 14.8 Å². The fourth-order valence-electron chi connectivity index (χ4n) is 2.13. The number of hydrogen-bond donors (Lipinski definition) is 2. The number of benzene rings is 2. The lowest BCUT2D eigenvalue weighted by Gasteiger charge is -2.08. The Hall–Kier alpha value is -3.17. The summed E-state index contributed by atoms with van der Waals surface area (Å²) in [5.74, 6) is -0.689. The number of ether oxygens (including phenoxy) is 2. The summed E-state index contributed by atoms with van der Waals surface area (Å²) in [6, 6.07) is 11.9. The first kappa shape index (κ1) is 21.1. The van der Waals surface area contributed by atoms with Crippen molar-refractivity contribution in [1.29, 1.82) is 0 Å². The SMILES string of the molecule is C=CCNS(=O)(=O)c1ccc(C(=O)OCC(=O)Nc2cccc(OC)c2)cc1. The molecule has 0 atom stereocenters. The van der Waals surface area contributed by atoms with Crippen LogP contribution in [0.25, 0.3) is 0 Å². The van der Waals surface area contributed by atoms with Gasteiger partial charge in [0.15, 0.2) is 6.61 Å². The quantitative estimate of drug-likeness (QED) is 0.488. The van der Waals surface area contributed by atoms with E-state index in [0.29, 0.717) is 11.4 Å². The van der Waals surface area contributed by atoms with Gasteiger partial charge < -0.3 is 14.8 Å². The van der Waals surface area contributed by atoms with E-state index < -0.39 is 28.5 Å². The van der Waals surface area contributed by atoms with Crippen molar-refractivity contribution in [3.63, 3.8) is 0 Å². The highest BCUT2D eigenvalue weighted by molar-refractivity contribution is 7.89. The Morgan fingerprint density at radius 3 is 2.50 bits per heavy atom. The molecule has 8 nitrogen and oxygen atoms in total. The van der Waals surface area contributed by atoms with Gasteiger partial charge in [0.25, 0.3) is 5.91 Å². The topological polar surface area (TPSA) is 111 Å². The first-order chi connectivity index (χ1) is 13.4. The van der Waals surface area contributed by atoms with Gasteiger partial charge in [-0.25, -0.2) is 17.9 Å². The highest BCUT2D eigenvalue weighted by Gasteiger charge is 2.15. The van der Waals surface area contributed by atoms with Crippen LogP contribution in [0.1, 0.15) is 10.4 Å². The molecule has 9 heteroatoms. The maximum Gasteiger partial charge on any atom is 0.338 e. The van der Waals surface area contributed by atoms with E-state index in [-0.39, 0.29) is 17.0 Å². The second-order valence-corrected chi connectivity index (χ2v) is 7.29. The fraction of sp³-hybridized carbons (Fsp3) is 0.158. The van der Waals surface area contributed by atoms with Gasteiger partial charge in [0.05, 0.1) is 17.6 Å². The van der Waals surface area contributed by atoms with E-state index >= 15 is 0 Å². The van der Waals surface area contributed by atoms with Gasteiger partial charge in [0, 0.05) is 18.3 Å². The van der Waals surface area contributed by atoms with Crippen molar-refractivity contribution in [2.45, 2.75) is 4.90 Å². The van der Waals surface area contributed by atoms with Crippen LogP contribution in [0.2, 0.25) is 0 Å². The normalized spacial score (nSPS) is 10.8. The molecule has 0 fully saturated rings. The Balaban J connectivity index is 1.92. The van der Waals surface area contributed by atoms with E-state index in [0.717, 1.165) is 0 Å². The summed E-state index contributed by atoms with van der Waals surface area (Å²) in [6.45, 7) is 3.04. The Morgan fingerprint density at radius 2 is 1.86 bits per heavy atom. The van der Waals surface area contributed by atoms with Crippen molar-refractivity contribution >= 4 is 27.6 Å². The lowest BCUT2D eigenvalue weighted by Crippen LogP contribution is -2.23. The summed E-state index contributed by atoms with van der Waals surface area (Å²) in [5.41, 5.74) is 0.624. The molecule has 0 radical (unpaired) electrons. The number of amides is 1. The highest BCUT2D eigenvalue weighted by atomic mass is 32.2. The molecule has 2 aromatic rings. The maximum atomic E-state index is 12.0. The van der Waals surface area contributed by atoms with Crippen molar-refractivity contribution in [2.24, 2.45) is 0 Å². The summed E-state index contributed by atoms with van der Waals surface area (Å²) < 4.78 is 36.3. The number of methoxy groups -OCH3 is 1. The molecule has 148 valence electrons. The molecule has 0 saturated carbocycles. The molecule has 2 aromatic carbocycles. The van der Waals surface area contributed by atoms with Gasteiger partial charge in [-0.2, -0.15) is 0 Å². The minimum Gasteiger partial charge on any atom is -0.497 e. The first-order valence-electron chi connectivity index (χ1n) is 8.17. The lowest BCUT2D eigenvalue weighted by atomic mass is 10.2. The van der Waals surface area contributed by atoms with Crippen LogP contribution in [0.4, 0.5) is 5.69 Å². The van der Waals surface area contributed by atoms with E-state index in [1.807, 2.05) is 0 Å². The summed E-state index contributed by atoms with van der Waals surface area (Å²) in [7, 11) is -2.17. The van der Waals surface area contributed by atoms with E-state index in [4.69, 9.17) is 9.47 Å². The number of sulfonamides is 1. The van der Waals surface area contributed by atoms with Crippen molar-refractivity contribution < 1.29 is 27.5 Å². The zero-order valence-electron chi connectivity index (χ0n) is 15.2. The predicted octanol–water partition coefficient (Wildman–Crippen LogP) is 1.95. The fourth-order valence-corrected chi connectivity index (χ4v) is 3.13. The number of carbonyl (C=O) groups is 2. The van der Waals surface area contributed by atoms with Crippen LogP contribution >= 0.6 is 0 Å². The van der Waals surface area contributed by atoms with Crippen LogP contribution in [0.5, 0.6) is 5.75 Å². The molecular weight excluding hydrogens is 384 g/mol. The molecule has 0 bridgehead atoms. The second-order valence-electron chi connectivity index (χ2n) is 5.52. The third-order valence-corrected chi connectivity index (χ3v) is 4.95. The Kier molecular flexibility index (Phi) is 7.30. The molecule has 28 heavy (non-hydrogen) atoms. The Bertz CT molecular complexity index is 955. The molecule has 0 heterocycles. The third kappa shape index (κ3) is 5.93. The molecule has 0 unspecified atom stereocenters. The average molecular weight is 404 g/mol. The Labute approximate surface area is 163 Å². The molecule has 0 aromatic heterocycles. The largest absolute Gasteiger partial charge is 0.497 e. The number of hydrogen-bond acceptors (Lipinski definition) is 6. The number of esters is 1. The van der Waals surface area contributed by atoms with Gasteiger partial charge in [-0.1, -0.05) is 12.1 Å². The van der Waals surface area contributed by atoms with Crippen LogP contribution in [-0.2, 0) is 19.6 Å². The summed E-state index contributed by atoms with van der Waals surface area (Å²) >= 11 is 0. The highest BCUT2D eigenvalue weighted by Crippen LogP contribution is 2.16. The smallest absolute Gasteiger partial charge is 0.338 e. The van der Waals surface area contributed by atoms with Gasteiger partial charge in [0.2, 0.25) is 10.0 Å². The second kappa shape index (κ2) is 9.67. The number of rotatable bonds is 9. The summed E-state index contributed by atoms with van der Waals surface area (Å²) in [5, 5.41) is 2.58. The molecule has 0 aliphatic heterocycles. The van der Waals surface area contributed by atoms with E-state index in [9.17, 15) is 18.0 Å². The molecule has 2 rings (SSSR count). The Morgan fingerprint density at radius 1 is 1.14 bits per heavy atom. The van der Waals surface area contributed by atoms with Crippen molar-refractivity contribution in [3.05, 3.63) is 66.7 Å². The van der Waals surface area contributed by atoms with Gasteiger partial charge >= 0.3 is 5.97 Å². The van der Waals surface area contributed by atoms with Gasteiger partial charge in [0.1, 0.15) is 5.75 Å². The zero-order chi connectivity index (χ0) is 20.6. The summed E-state index contributed by atoms with van der Waals surface area (Å²) in [6.07, 6.45) is 1.42. The maximum absolute atomic E-state index is 12.0. The molecule has 2 N–H and O–H groups in total. The van der Waals surface area contributed by atoms with Crippen LogP contribution in [0, 0.1) is 0 Å². The summed E-state index contributed by atoms with van der Waals surface area (Å²) in [4.78, 5) is 23.9. The van der Waals surface area contributed by atoms with Crippen molar-refractivity contribution in [3.8, 4) is 5.75 Å². The van der Waals surface area contributed by atoms with Gasteiger partial charge in [-0.3, -0.25) is 4.79 Å².